The monoisotopic (exact) mass is 244 g/mol. The molecule has 2 heterocycles. The number of halogens is 1. The van der Waals surface area contributed by atoms with Gasteiger partial charge in [0, 0.05) is 23.3 Å². The van der Waals surface area contributed by atoms with Crippen molar-refractivity contribution in [2.45, 2.75) is 0 Å². The number of amides is 1. The number of hydrogen-bond acceptors (Lipinski definition) is 2. The lowest BCUT2D eigenvalue weighted by atomic mass is 10.0. The number of fused-ring (bicyclic) bond motifs is 1. The molecule has 1 aromatic carbocycles. The summed E-state index contributed by atoms with van der Waals surface area (Å²) in [4.78, 5) is 14.3. The number of rotatable bonds is 2. The van der Waals surface area contributed by atoms with Crippen molar-refractivity contribution in [3.05, 3.63) is 42.0 Å². The molecule has 6 heteroatoms. The molecule has 2 aromatic heterocycles. The Kier molecular flexibility index (Phi) is 2.16. The van der Waals surface area contributed by atoms with Gasteiger partial charge >= 0.3 is 0 Å². The van der Waals surface area contributed by atoms with E-state index in [1.165, 1.54) is 12.1 Å². The highest BCUT2D eigenvalue weighted by atomic mass is 19.1. The fourth-order valence-corrected chi connectivity index (χ4v) is 2.01. The fourth-order valence-electron chi connectivity index (χ4n) is 2.01. The van der Waals surface area contributed by atoms with E-state index in [-0.39, 0.29) is 5.56 Å². The number of carbonyl (C=O) groups excluding carboxylic acids is 1. The van der Waals surface area contributed by atoms with Crippen LogP contribution in [0.3, 0.4) is 0 Å². The van der Waals surface area contributed by atoms with Crippen molar-refractivity contribution in [3.63, 3.8) is 0 Å². The Morgan fingerprint density at radius 1 is 1.33 bits per heavy atom. The summed E-state index contributed by atoms with van der Waals surface area (Å²) in [5.41, 5.74) is 6.73. The number of aromatic nitrogens is 3. The van der Waals surface area contributed by atoms with Gasteiger partial charge in [-0.05, 0) is 6.07 Å². The molecule has 0 aliphatic carbocycles. The Balaban J connectivity index is 2.33. The van der Waals surface area contributed by atoms with Gasteiger partial charge in [0.1, 0.15) is 11.5 Å². The summed E-state index contributed by atoms with van der Waals surface area (Å²) in [7, 11) is 0. The maximum absolute atomic E-state index is 13.7. The summed E-state index contributed by atoms with van der Waals surface area (Å²) in [6, 6.07) is 4.33. The number of nitrogens with one attached hydrogen (secondary N) is 2. The highest BCUT2D eigenvalue weighted by Crippen LogP contribution is 2.29. The summed E-state index contributed by atoms with van der Waals surface area (Å²) in [5.74, 6) is -1.46. The molecular formula is C12H9FN4O. The molecule has 18 heavy (non-hydrogen) atoms. The number of nitrogens with zero attached hydrogens (tertiary/aromatic N) is 1. The highest BCUT2D eigenvalue weighted by Gasteiger charge is 2.18. The zero-order valence-corrected chi connectivity index (χ0v) is 9.20. The van der Waals surface area contributed by atoms with E-state index in [0.717, 1.165) is 10.9 Å². The number of H-pyrrole nitrogens is 2. The predicted molar refractivity (Wildman–Crippen MR) is 64.4 cm³/mol. The van der Waals surface area contributed by atoms with Gasteiger partial charge in [0.15, 0.2) is 0 Å². The van der Waals surface area contributed by atoms with Crippen LogP contribution in [0.15, 0.2) is 30.6 Å². The summed E-state index contributed by atoms with van der Waals surface area (Å²) >= 11 is 0. The second-order valence-corrected chi connectivity index (χ2v) is 3.88. The minimum Gasteiger partial charge on any atom is -0.365 e. The van der Waals surface area contributed by atoms with Crippen molar-refractivity contribution in [1.29, 1.82) is 0 Å². The van der Waals surface area contributed by atoms with E-state index in [2.05, 4.69) is 15.2 Å². The van der Waals surface area contributed by atoms with E-state index < -0.39 is 11.7 Å². The molecule has 3 aromatic rings. The molecule has 5 nitrogen and oxygen atoms in total. The Bertz CT molecular complexity index is 743. The van der Waals surface area contributed by atoms with Gasteiger partial charge in [-0.15, -0.1) is 0 Å². The molecule has 1 amide bonds. The quantitative estimate of drug-likeness (QED) is 0.641. The van der Waals surface area contributed by atoms with Crippen molar-refractivity contribution in [2.24, 2.45) is 5.73 Å². The van der Waals surface area contributed by atoms with Crippen LogP contribution in [-0.2, 0) is 0 Å². The van der Waals surface area contributed by atoms with Crippen LogP contribution in [-0.4, -0.2) is 21.1 Å². The number of nitrogens with two attached hydrogens (primary N) is 1. The first-order valence-electron chi connectivity index (χ1n) is 5.28. The molecule has 0 aliphatic rings. The minimum atomic E-state index is -0.810. The Morgan fingerprint density at radius 2 is 2.17 bits per heavy atom. The highest BCUT2D eigenvalue weighted by molar-refractivity contribution is 6.03. The minimum absolute atomic E-state index is 0.146. The van der Waals surface area contributed by atoms with E-state index in [1.807, 2.05) is 0 Å². The van der Waals surface area contributed by atoms with Crippen LogP contribution in [0.4, 0.5) is 4.39 Å². The summed E-state index contributed by atoms with van der Waals surface area (Å²) in [6.07, 6.45) is 3.46. The third kappa shape index (κ3) is 1.39. The number of hydrogen-bond donors (Lipinski definition) is 3. The topological polar surface area (TPSA) is 87.6 Å². The Labute approximate surface area is 101 Å². The molecule has 4 N–H and O–H groups in total. The number of aromatic amines is 2. The molecule has 0 saturated carbocycles. The van der Waals surface area contributed by atoms with Crippen LogP contribution in [0.25, 0.3) is 22.2 Å². The lowest BCUT2D eigenvalue weighted by Crippen LogP contribution is -2.14. The molecule has 0 saturated heterocycles. The van der Waals surface area contributed by atoms with Crippen molar-refractivity contribution in [2.75, 3.05) is 0 Å². The van der Waals surface area contributed by atoms with Gasteiger partial charge in [-0.2, -0.15) is 5.10 Å². The Morgan fingerprint density at radius 3 is 2.94 bits per heavy atom. The molecule has 90 valence electrons. The van der Waals surface area contributed by atoms with Crippen LogP contribution in [0.1, 0.15) is 10.4 Å². The average Bonchev–Trinajstić information content (AvgIpc) is 2.89. The molecule has 0 fully saturated rings. The van der Waals surface area contributed by atoms with E-state index in [9.17, 15) is 9.18 Å². The van der Waals surface area contributed by atoms with Gasteiger partial charge < -0.3 is 10.7 Å². The van der Waals surface area contributed by atoms with Crippen LogP contribution in [0.5, 0.6) is 0 Å². The third-order valence-electron chi connectivity index (χ3n) is 2.80. The molecule has 0 radical (unpaired) electrons. The molecule has 0 atom stereocenters. The first-order valence-corrected chi connectivity index (χ1v) is 5.28. The maximum Gasteiger partial charge on any atom is 0.252 e. The van der Waals surface area contributed by atoms with E-state index in [4.69, 9.17) is 5.73 Å². The normalized spacial score (nSPS) is 10.9. The maximum atomic E-state index is 13.7. The number of carbonyl (C=O) groups is 1. The van der Waals surface area contributed by atoms with Crippen molar-refractivity contribution < 1.29 is 9.18 Å². The van der Waals surface area contributed by atoms with Crippen LogP contribution >= 0.6 is 0 Å². The standard InChI is InChI=1S/C12H9FN4O/c13-8-3-1-2-6(10(8)12(14)18)11-7-4-15-5-9(7)16-17-11/h1-5,15-16H,(H2,14,18). The summed E-state index contributed by atoms with van der Waals surface area (Å²) in [5, 5.41) is 7.67. The molecule has 0 aliphatic heterocycles. The van der Waals surface area contributed by atoms with Gasteiger partial charge in [0.2, 0.25) is 0 Å². The van der Waals surface area contributed by atoms with Crippen molar-refractivity contribution in [1.82, 2.24) is 15.2 Å². The molecule has 3 rings (SSSR count). The van der Waals surface area contributed by atoms with Gasteiger partial charge in [-0.25, -0.2) is 4.39 Å². The van der Waals surface area contributed by atoms with E-state index in [0.29, 0.717) is 11.3 Å². The lowest BCUT2D eigenvalue weighted by Gasteiger charge is -2.05. The van der Waals surface area contributed by atoms with Gasteiger partial charge in [-0.3, -0.25) is 9.89 Å². The number of primary amides is 1. The summed E-state index contributed by atoms with van der Waals surface area (Å²) in [6.45, 7) is 0. The molecule has 0 spiro atoms. The largest absolute Gasteiger partial charge is 0.365 e. The van der Waals surface area contributed by atoms with Crippen LogP contribution in [0, 0.1) is 5.82 Å². The first kappa shape index (κ1) is 10.5. The van der Waals surface area contributed by atoms with Crippen LogP contribution < -0.4 is 5.73 Å². The molecular weight excluding hydrogens is 235 g/mol. The van der Waals surface area contributed by atoms with Gasteiger partial charge in [-0.1, -0.05) is 12.1 Å². The smallest absolute Gasteiger partial charge is 0.252 e. The van der Waals surface area contributed by atoms with E-state index in [1.54, 1.807) is 18.5 Å². The van der Waals surface area contributed by atoms with E-state index >= 15 is 0 Å². The predicted octanol–water partition coefficient (Wildman–Crippen LogP) is 1.80. The third-order valence-corrected chi connectivity index (χ3v) is 2.80. The average molecular weight is 244 g/mol. The fraction of sp³-hybridized carbons (Fsp3) is 0. The second-order valence-electron chi connectivity index (χ2n) is 3.88. The van der Waals surface area contributed by atoms with Crippen molar-refractivity contribution in [3.8, 4) is 11.3 Å². The van der Waals surface area contributed by atoms with Crippen molar-refractivity contribution >= 4 is 16.8 Å². The summed E-state index contributed by atoms with van der Waals surface area (Å²) < 4.78 is 13.7. The second kappa shape index (κ2) is 3.69. The SMILES string of the molecule is NC(=O)c1c(F)cccc1-c1n[nH]c2c[nH]cc12. The Hall–Kier alpha value is -2.63. The first-order chi connectivity index (χ1) is 8.68. The number of benzene rings is 1. The molecule has 0 bridgehead atoms. The van der Waals surface area contributed by atoms with Gasteiger partial charge in [0.05, 0.1) is 11.1 Å². The zero-order valence-electron chi connectivity index (χ0n) is 9.20. The van der Waals surface area contributed by atoms with Gasteiger partial charge in [0.25, 0.3) is 5.91 Å². The zero-order chi connectivity index (χ0) is 12.7. The molecule has 0 unspecified atom stereocenters. The van der Waals surface area contributed by atoms with Crippen LogP contribution in [0.2, 0.25) is 0 Å². The lowest BCUT2D eigenvalue weighted by molar-refractivity contribution is 0.0997.